The second-order valence-corrected chi connectivity index (χ2v) is 7.98. The van der Waals surface area contributed by atoms with Crippen molar-refractivity contribution in [3.05, 3.63) is 0 Å². The highest BCUT2D eigenvalue weighted by Crippen LogP contribution is 2.53. The molecule has 0 radical (unpaired) electrons. The van der Waals surface area contributed by atoms with Crippen LogP contribution in [0.1, 0.15) is 40.0 Å². The number of aliphatic hydroxyl groups excluding tert-OH is 4. The minimum absolute atomic E-state index is 0.311. The summed E-state index contributed by atoms with van der Waals surface area (Å²) in [5, 5.41) is 50.0. The number of aliphatic hydroxyl groups is 5. The Morgan fingerprint density at radius 3 is 2.29 bits per heavy atom. The van der Waals surface area contributed by atoms with Gasteiger partial charge in [0.15, 0.2) is 6.29 Å². The van der Waals surface area contributed by atoms with E-state index in [1.165, 1.54) is 0 Å². The first-order valence-electron chi connectivity index (χ1n) is 8.41. The van der Waals surface area contributed by atoms with Gasteiger partial charge in [0.2, 0.25) is 0 Å². The fourth-order valence-electron chi connectivity index (χ4n) is 4.12. The van der Waals surface area contributed by atoms with Crippen LogP contribution in [0.2, 0.25) is 0 Å². The number of ether oxygens (including phenoxy) is 3. The molecule has 0 aromatic carbocycles. The monoisotopic (exact) mass is 348 g/mol. The summed E-state index contributed by atoms with van der Waals surface area (Å²) in [7, 11) is 0. The number of hydrogen-bond donors (Lipinski definition) is 5. The first-order valence-corrected chi connectivity index (χ1v) is 8.41. The standard InChI is InChI=1S/C16H28O8/c1-14(2)16(21)5-4-15(3,24-14)9(6-16)23-13-12(20)11(19)10(18)8(7-17)22-13/h8-13,17-21H,4-7H2,1-3H3/t8-,9-,10-,11+,12-,13+,15+,16-/m1/s1. The molecule has 4 rings (SSSR count). The van der Waals surface area contributed by atoms with E-state index in [4.69, 9.17) is 14.2 Å². The van der Waals surface area contributed by atoms with Gasteiger partial charge in [0.1, 0.15) is 24.4 Å². The molecule has 0 aromatic rings. The highest BCUT2D eigenvalue weighted by Gasteiger charge is 2.63. The molecule has 0 unspecified atom stereocenters. The molecule has 2 bridgehead atoms. The van der Waals surface area contributed by atoms with E-state index in [2.05, 4.69) is 0 Å². The van der Waals surface area contributed by atoms with Crippen LogP contribution in [-0.2, 0) is 14.2 Å². The van der Waals surface area contributed by atoms with Gasteiger partial charge in [-0.2, -0.15) is 0 Å². The van der Waals surface area contributed by atoms with Gasteiger partial charge in [-0.05, 0) is 33.6 Å². The normalized spacial score (nSPS) is 54.0. The van der Waals surface area contributed by atoms with Gasteiger partial charge >= 0.3 is 0 Å². The van der Waals surface area contributed by atoms with E-state index in [9.17, 15) is 25.5 Å². The molecule has 3 aliphatic heterocycles. The van der Waals surface area contributed by atoms with Gasteiger partial charge < -0.3 is 39.7 Å². The van der Waals surface area contributed by atoms with Crippen molar-refractivity contribution in [1.29, 1.82) is 0 Å². The lowest BCUT2D eigenvalue weighted by Gasteiger charge is -2.62. The summed E-state index contributed by atoms with van der Waals surface area (Å²) in [6, 6.07) is 0. The molecule has 0 amide bonds. The van der Waals surface area contributed by atoms with E-state index < -0.39 is 60.2 Å². The van der Waals surface area contributed by atoms with Crippen molar-refractivity contribution in [3.8, 4) is 0 Å². The van der Waals surface area contributed by atoms with Crippen LogP contribution in [0.15, 0.2) is 0 Å². The second kappa shape index (κ2) is 5.85. The van der Waals surface area contributed by atoms with Gasteiger partial charge in [0.25, 0.3) is 0 Å². The quantitative estimate of drug-likeness (QED) is 0.424. The van der Waals surface area contributed by atoms with E-state index in [-0.39, 0.29) is 0 Å². The lowest BCUT2D eigenvalue weighted by molar-refractivity contribution is -0.377. The largest absolute Gasteiger partial charge is 0.394 e. The Morgan fingerprint density at radius 1 is 1.04 bits per heavy atom. The fourth-order valence-corrected chi connectivity index (χ4v) is 4.12. The highest BCUT2D eigenvalue weighted by atomic mass is 16.7. The predicted molar refractivity (Wildman–Crippen MR) is 81.0 cm³/mol. The number of hydrogen-bond acceptors (Lipinski definition) is 8. The summed E-state index contributed by atoms with van der Waals surface area (Å²) < 4.78 is 17.3. The van der Waals surface area contributed by atoms with Gasteiger partial charge in [0, 0.05) is 6.42 Å². The van der Waals surface area contributed by atoms with Crippen LogP contribution in [0.5, 0.6) is 0 Å². The summed E-state index contributed by atoms with van der Waals surface area (Å²) in [6.07, 6.45) is -5.69. The molecule has 8 nitrogen and oxygen atoms in total. The molecular weight excluding hydrogens is 320 g/mol. The zero-order valence-electron chi connectivity index (χ0n) is 14.3. The average Bonchev–Trinajstić information content (AvgIpc) is 2.50. The molecule has 1 saturated carbocycles. The molecule has 0 aromatic heterocycles. The fraction of sp³-hybridized carbons (Fsp3) is 1.00. The molecule has 4 aliphatic rings. The molecule has 140 valence electrons. The van der Waals surface area contributed by atoms with Crippen LogP contribution < -0.4 is 0 Å². The Balaban J connectivity index is 1.76. The molecular formula is C16H28O8. The molecule has 4 fully saturated rings. The van der Waals surface area contributed by atoms with Gasteiger partial charge in [-0.1, -0.05) is 0 Å². The Morgan fingerprint density at radius 2 is 1.71 bits per heavy atom. The molecule has 3 heterocycles. The first kappa shape index (κ1) is 18.5. The molecule has 1 aliphatic carbocycles. The van der Waals surface area contributed by atoms with Crippen molar-refractivity contribution in [2.75, 3.05) is 6.61 Å². The van der Waals surface area contributed by atoms with E-state index in [1.807, 2.05) is 20.8 Å². The molecule has 8 atom stereocenters. The van der Waals surface area contributed by atoms with E-state index in [1.54, 1.807) is 0 Å². The SMILES string of the molecule is CC1(C)O[C@@]2(C)CC[C@@]1(O)C[C@H]2O[C@@H]1O[C@H](CO)[C@@H](O)[C@H](O)[C@H]1O. The average molecular weight is 348 g/mol. The van der Waals surface area contributed by atoms with Crippen molar-refractivity contribution >= 4 is 0 Å². The topological polar surface area (TPSA) is 129 Å². The Labute approximate surface area is 141 Å². The summed E-state index contributed by atoms with van der Waals surface area (Å²) in [5.41, 5.74) is -2.43. The Bertz CT molecular complexity index is 483. The van der Waals surface area contributed by atoms with Crippen LogP contribution in [0.4, 0.5) is 0 Å². The van der Waals surface area contributed by atoms with Crippen LogP contribution in [-0.4, -0.2) is 85.8 Å². The zero-order valence-corrected chi connectivity index (χ0v) is 14.3. The van der Waals surface area contributed by atoms with Crippen molar-refractivity contribution in [1.82, 2.24) is 0 Å². The predicted octanol–water partition coefficient (Wildman–Crippen LogP) is -1.35. The third-order valence-electron chi connectivity index (χ3n) is 5.99. The summed E-state index contributed by atoms with van der Waals surface area (Å²) >= 11 is 0. The minimum atomic E-state index is -1.49. The summed E-state index contributed by atoms with van der Waals surface area (Å²) in [5.74, 6) is 0. The van der Waals surface area contributed by atoms with Gasteiger partial charge in [-0.15, -0.1) is 0 Å². The second-order valence-electron chi connectivity index (χ2n) is 7.98. The summed E-state index contributed by atoms with van der Waals surface area (Å²) in [6.45, 7) is 5.06. The molecule has 0 spiro atoms. The molecule has 8 heteroatoms. The smallest absolute Gasteiger partial charge is 0.187 e. The maximum Gasteiger partial charge on any atom is 0.187 e. The van der Waals surface area contributed by atoms with Gasteiger partial charge in [0.05, 0.1) is 29.5 Å². The van der Waals surface area contributed by atoms with Crippen molar-refractivity contribution in [2.45, 2.75) is 93.6 Å². The first-order chi connectivity index (χ1) is 11.0. The molecule has 3 saturated heterocycles. The van der Waals surface area contributed by atoms with E-state index in [0.29, 0.717) is 19.3 Å². The zero-order chi connectivity index (χ0) is 17.9. The molecule has 24 heavy (non-hydrogen) atoms. The van der Waals surface area contributed by atoms with Crippen LogP contribution in [0.3, 0.4) is 0 Å². The van der Waals surface area contributed by atoms with Crippen molar-refractivity contribution < 1.29 is 39.7 Å². The van der Waals surface area contributed by atoms with Crippen LogP contribution in [0.25, 0.3) is 0 Å². The van der Waals surface area contributed by atoms with Crippen molar-refractivity contribution in [3.63, 3.8) is 0 Å². The van der Waals surface area contributed by atoms with Crippen LogP contribution in [0, 0.1) is 0 Å². The van der Waals surface area contributed by atoms with E-state index in [0.717, 1.165) is 0 Å². The summed E-state index contributed by atoms with van der Waals surface area (Å²) in [4.78, 5) is 0. The third-order valence-corrected chi connectivity index (χ3v) is 5.99. The van der Waals surface area contributed by atoms with Crippen molar-refractivity contribution in [2.24, 2.45) is 0 Å². The van der Waals surface area contributed by atoms with Gasteiger partial charge in [-0.25, -0.2) is 0 Å². The Hall–Kier alpha value is -0.320. The maximum atomic E-state index is 10.9. The maximum absolute atomic E-state index is 10.9. The third kappa shape index (κ3) is 2.69. The minimum Gasteiger partial charge on any atom is -0.394 e. The lowest BCUT2D eigenvalue weighted by atomic mass is 9.64. The highest BCUT2D eigenvalue weighted by molar-refractivity contribution is 5.12. The number of fused-ring (bicyclic) bond motifs is 3. The Kier molecular flexibility index (Phi) is 4.50. The van der Waals surface area contributed by atoms with E-state index >= 15 is 0 Å². The van der Waals surface area contributed by atoms with Gasteiger partial charge in [-0.3, -0.25) is 0 Å². The molecule has 5 N–H and O–H groups in total. The number of rotatable bonds is 3. The van der Waals surface area contributed by atoms with Crippen LogP contribution >= 0.6 is 0 Å². The lowest BCUT2D eigenvalue weighted by Crippen LogP contribution is -2.72.